The number of nitrogens with one attached hydrogen (secondary N) is 1. The Kier molecular flexibility index (Phi) is 4.22. The summed E-state index contributed by atoms with van der Waals surface area (Å²) in [6.45, 7) is 3.27. The zero-order valence-electron chi connectivity index (χ0n) is 14.5. The van der Waals surface area contributed by atoms with Crippen LogP contribution in [0.5, 0.6) is 0 Å². The minimum absolute atomic E-state index is 0.0690. The lowest BCUT2D eigenvalue weighted by atomic mass is 10.2. The summed E-state index contributed by atoms with van der Waals surface area (Å²) in [7, 11) is 1.52. The maximum Gasteiger partial charge on any atom is 0.427 e. The normalized spacial score (nSPS) is 20.6. The molecule has 1 N–H and O–H groups in total. The second-order valence-electron chi connectivity index (χ2n) is 6.62. The zero-order chi connectivity index (χ0) is 18.3. The molecule has 1 aromatic carbocycles. The highest BCUT2D eigenvalue weighted by Crippen LogP contribution is 2.49. The van der Waals surface area contributed by atoms with Crippen LogP contribution in [-0.2, 0) is 6.54 Å². The van der Waals surface area contributed by atoms with Crippen LogP contribution in [0.2, 0.25) is 0 Å². The van der Waals surface area contributed by atoms with Crippen LogP contribution in [0.1, 0.15) is 5.76 Å². The van der Waals surface area contributed by atoms with Crippen LogP contribution in [-0.4, -0.2) is 45.6 Å². The second-order valence-corrected chi connectivity index (χ2v) is 6.62. The predicted octanol–water partition coefficient (Wildman–Crippen LogP) is 3.03. The molecule has 2 aromatic rings. The number of hydrogen-bond acceptors (Lipinski definition) is 5. The van der Waals surface area contributed by atoms with E-state index in [1.807, 2.05) is 12.1 Å². The van der Waals surface area contributed by atoms with Crippen molar-refractivity contribution in [2.75, 3.05) is 47.9 Å². The average molecular weight is 366 g/mol. The summed E-state index contributed by atoms with van der Waals surface area (Å²) in [5, 5.41) is 3.28. The third-order valence-corrected chi connectivity index (χ3v) is 4.97. The quantitative estimate of drug-likeness (QED) is 0.903. The monoisotopic (exact) mass is 366 g/mol. The Hall–Kier alpha value is -2.35. The first-order valence-electron chi connectivity index (χ1n) is 8.64. The molecule has 26 heavy (non-hydrogen) atoms. The third-order valence-electron chi connectivity index (χ3n) is 4.97. The van der Waals surface area contributed by atoms with E-state index in [-0.39, 0.29) is 6.54 Å². The SMILES string of the molecule is CN1c2c(N3CCNCC3)cccc2N(Cc2ccco2)C1C(F)(F)F. The molecule has 1 unspecified atom stereocenters. The molecule has 0 aliphatic carbocycles. The van der Waals surface area contributed by atoms with E-state index in [2.05, 4.69) is 10.2 Å². The van der Waals surface area contributed by atoms with E-state index in [9.17, 15) is 13.2 Å². The fraction of sp³-hybridized carbons (Fsp3) is 0.444. The maximum atomic E-state index is 13.9. The number of furan rings is 1. The molecule has 2 aliphatic rings. The molecule has 0 bridgehead atoms. The molecule has 4 rings (SSSR count). The van der Waals surface area contributed by atoms with Gasteiger partial charge in [-0.25, -0.2) is 0 Å². The van der Waals surface area contributed by atoms with E-state index in [1.165, 1.54) is 23.1 Å². The Morgan fingerprint density at radius 3 is 2.50 bits per heavy atom. The van der Waals surface area contributed by atoms with Gasteiger partial charge in [0.25, 0.3) is 0 Å². The first kappa shape index (κ1) is 17.1. The highest BCUT2D eigenvalue weighted by atomic mass is 19.4. The van der Waals surface area contributed by atoms with Crippen molar-refractivity contribution in [2.45, 2.75) is 18.9 Å². The van der Waals surface area contributed by atoms with Gasteiger partial charge in [-0.05, 0) is 24.3 Å². The third kappa shape index (κ3) is 2.88. The molecule has 140 valence electrons. The summed E-state index contributed by atoms with van der Waals surface area (Å²) >= 11 is 0. The van der Waals surface area contributed by atoms with Crippen molar-refractivity contribution in [3.05, 3.63) is 42.4 Å². The summed E-state index contributed by atoms with van der Waals surface area (Å²) < 4.78 is 47.0. The van der Waals surface area contributed by atoms with Gasteiger partial charge in [0.1, 0.15) is 5.76 Å². The molecular weight excluding hydrogens is 345 g/mol. The minimum Gasteiger partial charge on any atom is -0.467 e. The number of hydrogen-bond donors (Lipinski definition) is 1. The van der Waals surface area contributed by atoms with E-state index >= 15 is 0 Å². The topological polar surface area (TPSA) is 34.9 Å². The minimum atomic E-state index is -4.39. The summed E-state index contributed by atoms with van der Waals surface area (Å²) in [6, 6.07) is 8.88. The van der Waals surface area contributed by atoms with Crippen LogP contribution >= 0.6 is 0 Å². The lowest BCUT2D eigenvalue weighted by Gasteiger charge is -2.33. The summed E-state index contributed by atoms with van der Waals surface area (Å²) in [5.74, 6) is 0.507. The van der Waals surface area contributed by atoms with Gasteiger partial charge >= 0.3 is 6.18 Å². The second kappa shape index (κ2) is 6.42. The van der Waals surface area contributed by atoms with Crippen molar-refractivity contribution >= 4 is 17.1 Å². The fourth-order valence-corrected chi connectivity index (χ4v) is 3.87. The number of para-hydroxylation sites is 1. The van der Waals surface area contributed by atoms with Gasteiger partial charge in [0.15, 0.2) is 0 Å². The molecular formula is C18H21F3N4O. The lowest BCUT2D eigenvalue weighted by molar-refractivity contribution is -0.147. The molecule has 0 amide bonds. The largest absolute Gasteiger partial charge is 0.467 e. The van der Waals surface area contributed by atoms with Crippen LogP contribution in [0.15, 0.2) is 41.0 Å². The Bertz CT molecular complexity index is 756. The number of benzene rings is 1. The van der Waals surface area contributed by atoms with Crippen LogP contribution in [0, 0.1) is 0 Å². The number of nitrogens with zero attached hydrogens (tertiary/aromatic N) is 3. The fourth-order valence-electron chi connectivity index (χ4n) is 3.87. The van der Waals surface area contributed by atoms with Gasteiger partial charge in [-0.15, -0.1) is 0 Å². The van der Waals surface area contributed by atoms with E-state index in [0.717, 1.165) is 31.9 Å². The molecule has 1 fully saturated rings. The molecule has 2 aliphatic heterocycles. The van der Waals surface area contributed by atoms with Gasteiger partial charge < -0.3 is 24.4 Å². The number of rotatable bonds is 3. The van der Waals surface area contributed by atoms with Gasteiger partial charge in [0.2, 0.25) is 6.17 Å². The van der Waals surface area contributed by atoms with E-state index < -0.39 is 12.3 Å². The predicted molar refractivity (Wildman–Crippen MR) is 94.7 cm³/mol. The van der Waals surface area contributed by atoms with Crippen molar-refractivity contribution in [1.29, 1.82) is 0 Å². The summed E-state index contributed by atoms with van der Waals surface area (Å²) in [5.41, 5.74) is 2.06. The molecule has 1 atom stereocenters. The Morgan fingerprint density at radius 1 is 1.12 bits per heavy atom. The van der Waals surface area contributed by atoms with Gasteiger partial charge in [-0.2, -0.15) is 13.2 Å². The van der Waals surface area contributed by atoms with Crippen LogP contribution < -0.4 is 20.0 Å². The number of halogens is 3. The first-order chi connectivity index (χ1) is 12.5. The Morgan fingerprint density at radius 2 is 1.85 bits per heavy atom. The standard InChI is InChI=1S/C18H21F3N4O/c1-23-16-14(24-9-7-22-8-10-24)5-2-6-15(16)25(17(23)18(19,20)21)12-13-4-3-11-26-13/h2-6,11,17,22H,7-10,12H2,1H3. The lowest BCUT2D eigenvalue weighted by Crippen LogP contribution is -2.51. The number of piperazine rings is 1. The first-order valence-corrected chi connectivity index (χ1v) is 8.64. The number of fused-ring (bicyclic) bond motifs is 1. The van der Waals surface area contributed by atoms with Gasteiger partial charge in [-0.1, -0.05) is 6.07 Å². The van der Waals surface area contributed by atoms with Gasteiger partial charge in [-0.3, -0.25) is 0 Å². The van der Waals surface area contributed by atoms with E-state index in [0.29, 0.717) is 17.1 Å². The van der Waals surface area contributed by atoms with Crippen molar-refractivity contribution in [2.24, 2.45) is 0 Å². The van der Waals surface area contributed by atoms with Crippen molar-refractivity contribution in [1.82, 2.24) is 5.32 Å². The van der Waals surface area contributed by atoms with Crippen molar-refractivity contribution < 1.29 is 17.6 Å². The molecule has 0 saturated carbocycles. The van der Waals surface area contributed by atoms with Crippen molar-refractivity contribution in [3.8, 4) is 0 Å². The maximum absolute atomic E-state index is 13.9. The summed E-state index contributed by atoms with van der Waals surface area (Å²) in [6.07, 6.45) is -4.62. The number of alkyl halides is 3. The van der Waals surface area contributed by atoms with Crippen LogP contribution in [0.25, 0.3) is 0 Å². The van der Waals surface area contributed by atoms with Gasteiger partial charge in [0.05, 0.1) is 29.9 Å². The smallest absolute Gasteiger partial charge is 0.427 e. The molecule has 1 aromatic heterocycles. The molecule has 3 heterocycles. The zero-order valence-corrected chi connectivity index (χ0v) is 14.5. The van der Waals surface area contributed by atoms with Crippen LogP contribution in [0.4, 0.5) is 30.2 Å². The van der Waals surface area contributed by atoms with E-state index in [1.54, 1.807) is 18.2 Å². The van der Waals surface area contributed by atoms with Gasteiger partial charge in [0, 0.05) is 33.2 Å². The Labute approximate surface area is 150 Å². The molecule has 1 saturated heterocycles. The van der Waals surface area contributed by atoms with Crippen molar-refractivity contribution in [3.63, 3.8) is 0 Å². The number of anilines is 3. The Balaban J connectivity index is 1.77. The highest BCUT2D eigenvalue weighted by molar-refractivity contribution is 5.89. The average Bonchev–Trinajstić information content (AvgIpc) is 3.22. The molecule has 5 nitrogen and oxygen atoms in total. The molecule has 0 radical (unpaired) electrons. The molecule has 8 heteroatoms. The van der Waals surface area contributed by atoms with Crippen LogP contribution in [0.3, 0.4) is 0 Å². The molecule has 0 spiro atoms. The van der Waals surface area contributed by atoms with E-state index in [4.69, 9.17) is 4.42 Å². The highest BCUT2D eigenvalue weighted by Gasteiger charge is 2.52. The summed E-state index contributed by atoms with van der Waals surface area (Å²) in [4.78, 5) is 4.87.